The molecule has 0 saturated carbocycles. The van der Waals surface area contributed by atoms with E-state index in [1.807, 2.05) is 13.0 Å². The molecule has 1 aliphatic rings. The molecule has 1 fully saturated rings. The first-order chi connectivity index (χ1) is 6.22. The number of methoxy groups -OCH3 is 1. The Balaban J connectivity index is 2.31. The Morgan fingerprint density at radius 2 is 2.31 bits per heavy atom. The Bertz CT molecular complexity index is 341. The molecule has 0 N–H and O–H groups in total. The average Bonchev–Trinajstić information content (AvgIpc) is 2.88. The van der Waals surface area contributed by atoms with Gasteiger partial charge >= 0.3 is 0 Å². The third kappa shape index (κ3) is 1.54. The second-order valence-electron chi connectivity index (χ2n) is 3.05. The highest BCUT2D eigenvalue weighted by molar-refractivity contribution is 7.14. The molecule has 3 nitrogen and oxygen atoms in total. The summed E-state index contributed by atoms with van der Waals surface area (Å²) in [6.45, 7) is 3.75. The summed E-state index contributed by atoms with van der Waals surface area (Å²) in [5, 5.41) is 0. The van der Waals surface area contributed by atoms with Crippen LogP contribution in [0, 0.1) is 6.92 Å². The van der Waals surface area contributed by atoms with Crippen LogP contribution in [0.3, 0.4) is 0 Å². The fourth-order valence-corrected chi connectivity index (χ4v) is 2.14. The molecule has 0 bridgehead atoms. The van der Waals surface area contributed by atoms with Crippen molar-refractivity contribution >= 4 is 17.2 Å². The molecule has 2 rings (SSSR count). The summed E-state index contributed by atoms with van der Waals surface area (Å²) < 4.78 is 5.13. The zero-order chi connectivity index (χ0) is 9.42. The zero-order valence-corrected chi connectivity index (χ0v) is 8.48. The molecule has 4 heteroatoms. The Hall–Kier alpha value is -1.03. The number of aryl methyl sites for hydroxylation is 1. The first-order valence-electron chi connectivity index (χ1n) is 4.16. The van der Waals surface area contributed by atoms with Gasteiger partial charge in [-0.05, 0) is 13.0 Å². The van der Waals surface area contributed by atoms with Crippen LogP contribution in [0.1, 0.15) is 14.5 Å². The first kappa shape index (κ1) is 8.56. The standard InChI is InChI=1S/C9H11NO2S/c1-6-5-7(12-2)8(13-6)9(11)10-3-4-10/h5H,3-4H2,1-2H3. The van der Waals surface area contributed by atoms with E-state index in [0.29, 0.717) is 5.75 Å². The van der Waals surface area contributed by atoms with E-state index in [9.17, 15) is 4.79 Å². The van der Waals surface area contributed by atoms with Gasteiger partial charge in [0, 0.05) is 18.0 Å². The van der Waals surface area contributed by atoms with Crippen LogP contribution in [-0.4, -0.2) is 31.0 Å². The SMILES string of the molecule is COc1cc(C)sc1C(=O)N1CC1. The molecule has 0 aromatic carbocycles. The maximum absolute atomic E-state index is 11.7. The molecule has 1 amide bonds. The van der Waals surface area contributed by atoms with E-state index in [-0.39, 0.29) is 5.91 Å². The average molecular weight is 197 g/mol. The highest BCUT2D eigenvalue weighted by Gasteiger charge is 2.28. The molecule has 0 atom stereocenters. The van der Waals surface area contributed by atoms with E-state index in [1.54, 1.807) is 12.0 Å². The Morgan fingerprint density at radius 1 is 1.62 bits per heavy atom. The van der Waals surface area contributed by atoms with E-state index in [1.165, 1.54) is 11.3 Å². The summed E-state index contributed by atoms with van der Waals surface area (Å²) in [5.74, 6) is 0.814. The minimum Gasteiger partial charge on any atom is -0.495 e. The van der Waals surface area contributed by atoms with Crippen LogP contribution in [0.4, 0.5) is 0 Å². The number of ether oxygens (including phenoxy) is 1. The van der Waals surface area contributed by atoms with E-state index in [4.69, 9.17) is 4.74 Å². The quantitative estimate of drug-likeness (QED) is 0.673. The van der Waals surface area contributed by atoms with Gasteiger partial charge in [-0.3, -0.25) is 4.79 Å². The van der Waals surface area contributed by atoms with Gasteiger partial charge in [-0.2, -0.15) is 0 Å². The van der Waals surface area contributed by atoms with Crippen molar-refractivity contribution in [2.75, 3.05) is 20.2 Å². The number of thiophene rings is 1. The van der Waals surface area contributed by atoms with Crippen LogP contribution in [-0.2, 0) is 0 Å². The van der Waals surface area contributed by atoms with E-state index in [0.717, 1.165) is 22.8 Å². The van der Waals surface area contributed by atoms with Crippen molar-refractivity contribution in [1.29, 1.82) is 0 Å². The lowest BCUT2D eigenvalue weighted by Crippen LogP contribution is -2.09. The number of nitrogens with zero attached hydrogens (tertiary/aromatic N) is 1. The molecule has 2 heterocycles. The number of hydrogen-bond donors (Lipinski definition) is 0. The summed E-state index contributed by atoms with van der Waals surface area (Å²) in [6, 6.07) is 1.90. The molecule has 1 aromatic rings. The molecule has 1 saturated heterocycles. The maximum atomic E-state index is 11.7. The normalized spacial score (nSPS) is 14.5. The van der Waals surface area contributed by atoms with Crippen LogP contribution < -0.4 is 4.74 Å². The van der Waals surface area contributed by atoms with Crippen molar-refractivity contribution in [3.63, 3.8) is 0 Å². The number of carbonyl (C=O) groups is 1. The van der Waals surface area contributed by atoms with Crippen LogP contribution >= 0.6 is 11.3 Å². The lowest BCUT2D eigenvalue weighted by atomic mass is 10.4. The molecule has 1 aromatic heterocycles. The predicted octanol–water partition coefficient (Wildman–Crippen LogP) is 1.52. The zero-order valence-electron chi connectivity index (χ0n) is 7.66. The molecular formula is C9H11NO2S. The van der Waals surface area contributed by atoms with E-state index >= 15 is 0 Å². The lowest BCUT2D eigenvalue weighted by Gasteiger charge is -2.01. The second kappa shape index (κ2) is 3.03. The van der Waals surface area contributed by atoms with E-state index < -0.39 is 0 Å². The van der Waals surface area contributed by atoms with Crippen molar-refractivity contribution < 1.29 is 9.53 Å². The Kier molecular flexibility index (Phi) is 2.00. The molecular weight excluding hydrogens is 186 g/mol. The van der Waals surface area contributed by atoms with Crippen molar-refractivity contribution in [2.45, 2.75) is 6.92 Å². The van der Waals surface area contributed by atoms with Crippen LogP contribution in [0.2, 0.25) is 0 Å². The van der Waals surface area contributed by atoms with Crippen molar-refractivity contribution in [3.8, 4) is 5.75 Å². The second-order valence-corrected chi connectivity index (χ2v) is 4.30. The lowest BCUT2D eigenvalue weighted by molar-refractivity contribution is 0.0887. The van der Waals surface area contributed by atoms with Gasteiger partial charge in [0.05, 0.1) is 7.11 Å². The first-order valence-corrected chi connectivity index (χ1v) is 4.97. The molecule has 0 spiro atoms. The van der Waals surface area contributed by atoms with Crippen LogP contribution in [0.5, 0.6) is 5.75 Å². The van der Waals surface area contributed by atoms with Gasteiger partial charge < -0.3 is 9.64 Å². The summed E-state index contributed by atoms with van der Waals surface area (Å²) in [6.07, 6.45) is 0. The minimum absolute atomic E-state index is 0.106. The Labute approximate surface area is 80.9 Å². The topological polar surface area (TPSA) is 29.3 Å². The van der Waals surface area contributed by atoms with Crippen molar-refractivity contribution in [1.82, 2.24) is 4.90 Å². The van der Waals surface area contributed by atoms with Crippen LogP contribution in [0.15, 0.2) is 6.07 Å². The number of carbonyl (C=O) groups excluding carboxylic acids is 1. The number of hydrogen-bond acceptors (Lipinski definition) is 3. The van der Waals surface area contributed by atoms with Crippen molar-refractivity contribution in [3.05, 3.63) is 15.8 Å². The molecule has 0 aliphatic carbocycles. The minimum atomic E-state index is 0.106. The third-order valence-electron chi connectivity index (χ3n) is 1.97. The largest absolute Gasteiger partial charge is 0.495 e. The van der Waals surface area contributed by atoms with Crippen molar-refractivity contribution in [2.24, 2.45) is 0 Å². The summed E-state index contributed by atoms with van der Waals surface area (Å²) in [5.41, 5.74) is 0. The molecule has 1 aliphatic heterocycles. The monoisotopic (exact) mass is 197 g/mol. The molecule has 0 radical (unpaired) electrons. The summed E-state index contributed by atoms with van der Waals surface area (Å²) >= 11 is 1.50. The van der Waals surface area contributed by atoms with Crippen LogP contribution in [0.25, 0.3) is 0 Å². The fourth-order valence-electron chi connectivity index (χ4n) is 1.19. The number of amides is 1. The van der Waals surface area contributed by atoms with Gasteiger partial charge in [-0.1, -0.05) is 0 Å². The highest BCUT2D eigenvalue weighted by Crippen LogP contribution is 2.30. The van der Waals surface area contributed by atoms with Gasteiger partial charge in [0.1, 0.15) is 10.6 Å². The summed E-state index contributed by atoms with van der Waals surface area (Å²) in [7, 11) is 1.60. The molecule has 70 valence electrons. The van der Waals surface area contributed by atoms with Gasteiger partial charge in [0.15, 0.2) is 0 Å². The Morgan fingerprint density at radius 3 is 2.85 bits per heavy atom. The third-order valence-corrected chi connectivity index (χ3v) is 2.99. The number of rotatable bonds is 2. The van der Waals surface area contributed by atoms with Gasteiger partial charge in [0.2, 0.25) is 0 Å². The van der Waals surface area contributed by atoms with Gasteiger partial charge in [0.25, 0.3) is 5.91 Å². The predicted molar refractivity (Wildman–Crippen MR) is 51.5 cm³/mol. The van der Waals surface area contributed by atoms with Gasteiger partial charge in [-0.25, -0.2) is 0 Å². The maximum Gasteiger partial charge on any atom is 0.267 e. The van der Waals surface area contributed by atoms with E-state index in [2.05, 4.69) is 0 Å². The molecule has 13 heavy (non-hydrogen) atoms. The smallest absolute Gasteiger partial charge is 0.267 e. The molecule has 0 unspecified atom stereocenters. The highest BCUT2D eigenvalue weighted by atomic mass is 32.1. The van der Waals surface area contributed by atoms with Gasteiger partial charge in [-0.15, -0.1) is 11.3 Å². The fraction of sp³-hybridized carbons (Fsp3) is 0.444. The summed E-state index contributed by atoms with van der Waals surface area (Å²) in [4.78, 5) is 15.3.